The Morgan fingerprint density at radius 3 is 2.25 bits per heavy atom. The van der Waals surface area contributed by atoms with Gasteiger partial charge in [-0.05, 0) is 70.0 Å². The molecule has 0 aromatic heterocycles. The summed E-state index contributed by atoms with van der Waals surface area (Å²) in [7, 11) is -3.71. The topological polar surface area (TPSA) is 86.8 Å². The molecule has 0 radical (unpaired) electrons. The van der Waals surface area contributed by atoms with Crippen molar-refractivity contribution in [3.8, 4) is 0 Å². The van der Waals surface area contributed by atoms with Crippen molar-refractivity contribution in [1.82, 2.24) is 10.2 Å². The molecule has 0 fully saturated rings. The summed E-state index contributed by atoms with van der Waals surface area (Å²) in [6.45, 7) is 7.21. The molecule has 2 rings (SSSR count). The van der Waals surface area contributed by atoms with E-state index in [-0.39, 0.29) is 48.5 Å². The van der Waals surface area contributed by atoms with E-state index < -0.39 is 27.4 Å². The summed E-state index contributed by atoms with van der Waals surface area (Å²) in [5.74, 6) is -1.08. The van der Waals surface area contributed by atoms with E-state index in [9.17, 15) is 22.4 Å². The third-order valence-electron chi connectivity index (χ3n) is 5.26. The fraction of sp³-hybridized carbons (Fsp3) is 0.440. The van der Waals surface area contributed by atoms with E-state index in [0.717, 1.165) is 10.6 Å². The Labute approximate surface area is 222 Å². The molecule has 2 aromatic carbocycles. The average molecular weight is 561 g/mol. The van der Waals surface area contributed by atoms with Gasteiger partial charge in [0.15, 0.2) is 0 Å². The number of halogens is 3. The van der Waals surface area contributed by atoms with Crippen molar-refractivity contribution in [3.63, 3.8) is 0 Å². The molecule has 0 saturated heterocycles. The Hall–Kier alpha value is -2.36. The molecule has 1 N–H and O–H groups in total. The summed E-state index contributed by atoms with van der Waals surface area (Å²) in [5.41, 5.74) is 0.381. The molecule has 0 aliphatic heterocycles. The van der Waals surface area contributed by atoms with Crippen LogP contribution in [0.1, 0.15) is 46.1 Å². The van der Waals surface area contributed by atoms with Crippen molar-refractivity contribution < 1.29 is 22.4 Å². The average Bonchev–Trinajstić information content (AvgIpc) is 2.75. The number of benzene rings is 2. The Kier molecular flexibility index (Phi) is 10.2. The van der Waals surface area contributed by atoms with E-state index in [1.807, 2.05) is 20.8 Å². The van der Waals surface area contributed by atoms with Gasteiger partial charge in [0.2, 0.25) is 21.8 Å². The summed E-state index contributed by atoms with van der Waals surface area (Å²) in [5, 5.41) is 3.40. The quantitative estimate of drug-likeness (QED) is 0.443. The summed E-state index contributed by atoms with van der Waals surface area (Å²) < 4.78 is 39.4. The van der Waals surface area contributed by atoms with Crippen LogP contribution in [0.15, 0.2) is 42.5 Å². The van der Waals surface area contributed by atoms with Crippen LogP contribution in [0, 0.1) is 5.82 Å². The minimum atomic E-state index is -3.71. The van der Waals surface area contributed by atoms with Crippen LogP contribution in [-0.2, 0) is 26.2 Å². The molecule has 7 nitrogen and oxygen atoms in total. The minimum absolute atomic E-state index is 0.0163. The van der Waals surface area contributed by atoms with Crippen LogP contribution in [0.25, 0.3) is 0 Å². The number of carbonyl (C=O) groups excluding carboxylic acids is 2. The zero-order valence-electron chi connectivity index (χ0n) is 21.0. The predicted molar refractivity (Wildman–Crippen MR) is 142 cm³/mol. The third-order valence-corrected chi connectivity index (χ3v) is 7.00. The lowest BCUT2D eigenvalue weighted by atomic mass is 10.1. The van der Waals surface area contributed by atoms with Crippen LogP contribution in [0.4, 0.5) is 10.1 Å². The van der Waals surface area contributed by atoms with Gasteiger partial charge in [-0.25, -0.2) is 12.8 Å². The first kappa shape index (κ1) is 29.9. The summed E-state index contributed by atoms with van der Waals surface area (Å²) in [6.07, 6.45) is 1.19. The molecule has 2 aromatic rings. The Balaban J connectivity index is 2.22. The van der Waals surface area contributed by atoms with Gasteiger partial charge in [0, 0.05) is 30.1 Å². The Morgan fingerprint density at radius 2 is 1.69 bits per heavy atom. The predicted octanol–water partition coefficient (Wildman–Crippen LogP) is 5.01. The van der Waals surface area contributed by atoms with Gasteiger partial charge in [-0.1, -0.05) is 35.3 Å². The summed E-state index contributed by atoms with van der Waals surface area (Å²) >= 11 is 12.2. The lowest BCUT2D eigenvalue weighted by molar-refractivity contribution is -0.141. The summed E-state index contributed by atoms with van der Waals surface area (Å²) in [4.78, 5) is 27.5. The highest BCUT2D eigenvalue weighted by Crippen LogP contribution is 2.31. The van der Waals surface area contributed by atoms with Gasteiger partial charge >= 0.3 is 0 Å². The second-order valence-corrected chi connectivity index (χ2v) is 12.3. The zero-order valence-corrected chi connectivity index (χ0v) is 23.3. The van der Waals surface area contributed by atoms with E-state index in [4.69, 9.17) is 23.2 Å². The first-order valence-electron chi connectivity index (χ1n) is 11.4. The van der Waals surface area contributed by atoms with E-state index in [1.165, 1.54) is 29.2 Å². The standard InChI is InChI=1S/C25H32Cl2FN3O4S/c1-17(24(33)29-25(2,3)4)30(16-18-8-11-20(28)12-9-18)23(32)7-6-14-31(36(5,34)35)22-15-19(26)10-13-21(22)27/h8-13,15,17H,6-7,14,16H2,1-5H3,(H,29,33)/t17-/m0/s1. The maximum absolute atomic E-state index is 13.4. The van der Waals surface area contributed by atoms with Crippen molar-refractivity contribution in [2.24, 2.45) is 0 Å². The zero-order chi connectivity index (χ0) is 27.3. The molecule has 0 spiro atoms. The fourth-order valence-electron chi connectivity index (χ4n) is 3.50. The van der Waals surface area contributed by atoms with Gasteiger partial charge in [-0.3, -0.25) is 13.9 Å². The van der Waals surface area contributed by atoms with Crippen LogP contribution in [0.3, 0.4) is 0 Å². The van der Waals surface area contributed by atoms with Crippen molar-refractivity contribution in [3.05, 3.63) is 63.9 Å². The number of nitrogens with one attached hydrogen (secondary N) is 1. The van der Waals surface area contributed by atoms with E-state index in [2.05, 4.69) is 5.32 Å². The number of hydrogen-bond donors (Lipinski definition) is 1. The first-order chi connectivity index (χ1) is 16.6. The Morgan fingerprint density at radius 1 is 1.08 bits per heavy atom. The normalized spacial score (nSPS) is 12.7. The van der Waals surface area contributed by atoms with Gasteiger partial charge in [0.05, 0.1) is 17.0 Å². The van der Waals surface area contributed by atoms with E-state index in [1.54, 1.807) is 25.1 Å². The minimum Gasteiger partial charge on any atom is -0.350 e. The number of carbonyl (C=O) groups is 2. The van der Waals surface area contributed by atoms with Crippen LogP contribution in [0.2, 0.25) is 10.0 Å². The van der Waals surface area contributed by atoms with Gasteiger partial charge < -0.3 is 10.2 Å². The summed E-state index contributed by atoms with van der Waals surface area (Å²) in [6, 6.07) is 9.37. The largest absolute Gasteiger partial charge is 0.350 e. The van der Waals surface area contributed by atoms with Gasteiger partial charge in [0.25, 0.3) is 0 Å². The fourth-order valence-corrected chi connectivity index (χ4v) is 4.91. The van der Waals surface area contributed by atoms with Crippen molar-refractivity contribution in [2.45, 2.75) is 58.7 Å². The number of sulfonamides is 1. The van der Waals surface area contributed by atoms with Crippen molar-refractivity contribution in [1.29, 1.82) is 0 Å². The molecule has 0 saturated carbocycles. The molecule has 0 unspecified atom stereocenters. The lowest BCUT2D eigenvalue weighted by Crippen LogP contribution is -2.52. The van der Waals surface area contributed by atoms with Crippen LogP contribution in [0.5, 0.6) is 0 Å². The van der Waals surface area contributed by atoms with Gasteiger partial charge in [0.1, 0.15) is 11.9 Å². The van der Waals surface area contributed by atoms with Crippen LogP contribution < -0.4 is 9.62 Å². The second-order valence-electron chi connectivity index (χ2n) is 9.60. The number of nitrogens with zero attached hydrogens (tertiary/aromatic N) is 2. The molecule has 0 aliphatic carbocycles. The molecule has 11 heteroatoms. The van der Waals surface area contributed by atoms with Crippen molar-refractivity contribution in [2.75, 3.05) is 17.1 Å². The SMILES string of the molecule is C[C@@H](C(=O)NC(C)(C)C)N(Cc1ccc(F)cc1)C(=O)CCCN(c1cc(Cl)ccc1Cl)S(C)(=O)=O. The lowest BCUT2D eigenvalue weighted by Gasteiger charge is -2.32. The maximum atomic E-state index is 13.4. The molecule has 0 bridgehead atoms. The highest BCUT2D eigenvalue weighted by Gasteiger charge is 2.29. The molecule has 36 heavy (non-hydrogen) atoms. The van der Waals surface area contributed by atoms with Crippen molar-refractivity contribution >= 4 is 50.7 Å². The number of hydrogen-bond acceptors (Lipinski definition) is 4. The number of anilines is 1. The Bertz CT molecular complexity index is 1180. The third kappa shape index (κ3) is 8.94. The van der Waals surface area contributed by atoms with Crippen LogP contribution >= 0.6 is 23.2 Å². The number of amides is 2. The van der Waals surface area contributed by atoms with Gasteiger partial charge in [-0.2, -0.15) is 0 Å². The highest BCUT2D eigenvalue weighted by atomic mass is 35.5. The molecular formula is C25H32Cl2FN3O4S. The van der Waals surface area contributed by atoms with Crippen LogP contribution in [-0.4, -0.2) is 49.5 Å². The number of rotatable bonds is 10. The molecular weight excluding hydrogens is 528 g/mol. The van der Waals surface area contributed by atoms with E-state index >= 15 is 0 Å². The second kappa shape index (κ2) is 12.3. The molecule has 198 valence electrons. The monoisotopic (exact) mass is 559 g/mol. The molecule has 0 heterocycles. The molecule has 2 amide bonds. The smallest absolute Gasteiger partial charge is 0.242 e. The first-order valence-corrected chi connectivity index (χ1v) is 14.0. The van der Waals surface area contributed by atoms with E-state index in [0.29, 0.717) is 10.6 Å². The maximum Gasteiger partial charge on any atom is 0.242 e. The molecule has 0 aliphatic rings. The highest BCUT2D eigenvalue weighted by molar-refractivity contribution is 7.92. The van der Waals surface area contributed by atoms with Gasteiger partial charge in [-0.15, -0.1) is 0 Å². The molecule has 1 atom stereocenters.